The molecule has 1 radical (unpaired) electrons. The summed E-state index contributed by atoms with van der Waals surface area (Å²) in [7, 11) is 0. The second kappa shape index (κ2) is 1.58. The summed E-state index contributed by atoms with van der Waals surface area (Å²) in [6.07, 6.45) is 1.55. The summed E-state index contributed by atoms with van der Waals surface area (Å²) in [5, 5.41) is 0. The molecule has 1 heterocycles. The van der Waals surface area contributed by atoms with Crippen molar-refractivity contribution in [2.24, 2.45) is 0 Å². The second-order valence-corrected chi connectivity index (χ2v) is 1.37. The number of hydrogen-bond donors (Lipinski definition) is 0. The van der Waals surface area contributed by atoms with Crippen LogP contribution in [0.1, 0.15) is 1.37 Å². The van der Waals surface area contributed by atoms with Gasteiger partial charge < -0.3 is 4.74 Å². The molecular formula is C4H4OS-. The van der Waals surface area contributed by atoms with Crippen LogP contribution < -0.4 is 0 Å². The Labute approximate surface area is 43.8 Å². The molecule has 1 atom stereocenters. The molecule has 0 aromatic heterocycles. The lowest BCUT2D eigenvalue weighted by molar-refractivity contribution is 0.244. The van der Waals surface area contributed by atoms with Crippen molar-refractivity contribution in [1.29, 1.82) is 0 Å². The number of ether oxygens (including phenoxy) is 1. The Balaban J connectivity index is 2.54. The molecule has 1 rings (SSSR count). The maximum atomic E-state index is 6.94. The largest absolute Gasteiger partial charge is 0.441 e. The summed E-state index contributed by atoms with van der Waals surface area (Å²) < 4.78 is 11.6. The summed E-state index contributed by atoms with van der Waals surface area (Å²) in [4.78, 5) is 0. The Hall–Kier alpha value is -0.0800. The molecule has 0 aromatic rings. The molecule has 1 unspecified atom stereocenters. The highest BCUT2D eigenvalue weighted by molar-refractivity contribution is 7.81. The lowest BCUT2D eigenvalue weighted by Crippen LogP contribution is -1.87. The first-order valence-electron chi connectivity index (χ1n) is 2.12. The lowest BCUT2D eigenvalue weighted by atomic mass is 10.6. The predicted octanol–water partition coefficient (Wildman–Crippen LogP) is 1.26. The molecule has 0 bridgehead atoms. The van der Waals surface area contributed by atoms with E-state index in [0.29, 0.717) is 6.05 Å². The maximum absolute atomic E-state index is 6.94. The van der Waals surface area contributed by atoms with Gasteiger partial charge in [-0.1, -0.05) is 14.0 Å². The van der Waals surface area contributed by atoms with Gasteiger partial charge in [-0.05, 0) is 0 Å². The highest BCUT2D eigenvalue weighted by Gasteiger charge is 1.89. The van der Waals surface area contributed by atoms with Gasteiger partial charge in [0.1, 0.15) is 0 Å². The summed E-state index contributed by atoms with van der Waals surface area (Å²) in [5.41, 5.74) is -0.431. The zero-order chi connectivity index (χ0) is 5.28. The molecule has 1 aliphatic rings. The molecule has 1 aliphatic heterocycles. The minimum absolute atomic E-state index is 0.370. The van der Waals surface area contributed by atoms with E-state index in [-0.39, 0.29) is 0 Å². The van der Waals surface area contributed by atoms with Crippen molar-refractivity contribution >= 4 is 12.6 Å². The van der Waals surface area contributed by atoms with Gasteiger partial charge in [0.05, 0.1) is 5.44 Å². The molecule has 0 spiro atoms. The predicted molar refractivity (Wildman–Crippen MR) is 25.9 cm³/mol. The van der Waals surface area contributed by atoms with Gasteiger partial charge in [0, 0.05) is 0 Å². The van der Waals surface area contributed by atoms with Gasteiger partial charge in [-0.25, -0.2) is 6.08 Å². The SMILES string of the molecule is [2H]C1=C[CH-]OC1[S]. The lowest BCUT2D eigenvalue weighted by Gasteiger charge is -2.00. The van der Waals surface area contributed by atoms with Gasteiger partial charge in [0.25, 0.3) is 0 Å². The molecule has 2 heteroatoms. The average Bonchev–Trinajstić information content (AvgIpc) is 1.91. The van der Waals surface area contributed by atoms with Crippen LogP contribution in [0.5, 0.6) is 0 Å². The van der Waals surface area contributed by atoms with E-state index in [1.165, 1.54) is 6.61 Å². The molecule has 0 aromatic carbocycles. The number of rotatable bonds is 0. The van der Waals surface area contributed by atoms with Crippen molar-refractivity contribution in [3.63, 3.8) is 0 Å². The molecule has 0 fully saturated rings. The summed E-state index contributed by atoms with van der Waals surface area (Å²) in [6.45, 7) is 1.44. The fraction of sp³-hybridized carbons (Fsp3) is 0.250. The fourth-order valence-electron chi connectivity index (χ4n) is 0.268. The van der Waals surface area contributed by atoms with E-state index >= 15 is 0 Å². The van der Waals surface area contributed by atoms with E-state index in [1.54, 1.807) is 6.08 Å². The van der Waals surface area contributed by atoms with Crippen LogP contribution >= 0.6 is 12.6 Å². The summed E-state index contributed by atoms with van der Waals surface area (Å²) >= 11 is 4.62. The smallest absolute Gasteiger partial charge is 0.0517 e. The summed E-state index contributed by atoms with van der Waals surface area (Å²) in [6, 6.07) is 0.370. The Bertz CT molecular complexity index is 102. The van der Waals surface area contributed by atoms with Gasteiger partial charge in [0.15, 0.2) is 0 Å². The zero-order valence-electron chi connectivity index (χ0n) is 4.05. The van der Waals surface area contributed by atoms with Crippen molar-refractivity contribution in [3.8, 4) is 0 Å². The van der Waals surface area contributed by atoms with Crippen molar-refractivity contribution in [2.75, 3.05) is 0 Å². The van der Waals surface area contributed by atoms with E-state index < -0.39 is 5.44 Å². The Morgan fingerprint density at radius 3 is 3.17 bits per heavy atom. The van der Waals surface area contributed by atoms with Gasteiger partial charge in [-0.15, -0.1) is 6.61 Å². The Morgan fingerprint density at radius 2 is 3.00 bits per heavy atom. The highest BCUT2D eigenvalue weighted by Crippen LogP contribution is 2.08. The minimum atomic E-state index is -0.431. The Morgan fingerprint density at radius 1 is 2.17 bits per heavy atom. The van der Waals surface area contributed by atoms with Crippen molar-refractivity contribution in [2.45, 2.75) is 5.44 Å². The molecule has 0 amide bonds. The monoisotopic (exact) mass is 101 g/mol. The van der Waals surface area contributed by atoms with E-state index in [1.807, 2.05) is 0 Å². The molecule has 0 saturated carbocycles. The average molecular weight is 101 g/mol. The van der Waals surface area contributed by atoms with E-state index in [2.05, 4.69) is 17.4 Å². The van der Waals surface area contributed by atoms with Crippen molar-refractivity contribution < 1.29 is 6.11 Å². The summed E-state index contributed by atoms with van der Waals surface area (Å²) in [5.74, 6) is 0. The fourth-order valence-corrected chi connectivity index (χ4v) is 0.410. The molecule has 0 N–H and O–H groups in total. The first-order valence-corrected chi connectivity index (χ1v) is 2.09. The molecule has 0 aliphatic carbocycles. The highest BCUT2D eigenvalue weighted by atomic mass is 32.1. The Kier molecular flexibility index (Phi) is 0.787. The molecule has 6 heavy (non-hydrogen) atoms. The maximum Gasteiger partial charge on any atom is 0.0517 e. The van der Waals surface area contributed by atoms with Gasteiger partial charge in [-0.2, -0.15) is 6.05 Å². The first kappa shape index (κ1) is 2.99. The molecule has 33 valence electrons. The molecular weight excluding hydrogens is 96.1 g/mol. The van der Waals surface area contributed by atoms with Crippen LogP contribution in [0.2, 0.25) is 0 Å². The van der Waals surface area contributed by atoms with Crippen LogP contribution in [0.25, 0.3) is 0 Å². The third-order valence-electron chi connectivity index (χ3n) is 0.503. The van der Waals surface area contributed by atoms with E-state index in [0.717, 1.165) is 0 Å². The molecule has 1 nitrogen and oxygen atoms in total. The molecule has 0 saturated heterocycles. The van der Waals surface area contributed by atoms with E-state index in [4.69, 9.17) is 1.37 Å². The standard InChI is InChI=1S/C4H4OS/c6-4-2-1-3-5-4/h1-4H/q-1/i2D. The van der Waals surface area contributed by atoms with Gasteiger partial charge >= 0.3 is 0 Å². The second-order valence-electron chi connectivity index (χ2n) is 0.937. The topological polar surface area (TPSA) is 9.23 Å². The normalized spacial score (nSPS) is 34.5. The van der Waals surface area contributed by atoms with Crippen LogP contribution in [-0.4, -0.2) is 5.44 Å². The quantitative estimate of drug-likeness (QED) is 0.417. The first-order chi connectivity index (χ1) is 3.30. The van der Waals surface area contributed by atoms with Gasteiger partial charge in [-0.3, -0.25) is 0 Å². The number of hydrogen-bond acceptors (Lipinski definition) is 1. The van der Waals surface area contributed by atoms with Crippen molar-refractivity contribution in [3.05, 3.63) is 18.7 Å². The zero-order valence-corrected chi connectivity index (χ0v) is 3.87. The van der Waals surface area contributed by atoms with Crippen LogP contribution in [0.3, 0.4) is 0 Å². The minimum Gasteiger partial charge on any atom is -0.441 e. The van der Waals surface area contributed by atoms with Crippen LogP contribution in [0, 0.1) is 6.61 Å². The van der Waals surface area contributed by atoms with Crippen LogP contribution in [-0.2, 0) is 4.74 Å². The third-order valence-corrected chi connectivity index (χ3v) is 0.750. The van der Waals surface area contributed by atoms with Crippen molar-refractivity contribution in [1.82, 2.24) is 0 Å². The third kappa shape index (κ3) is 0.698. The van der Waals surface area contributed by atoms with Crippen LogP contribution in [0.4, 0.5) is 0 Å². The van der Waals surface area contributed by atoms with E-state index in [9.17, 15) is 0 Å². The van der Waals surface area contributed by atoms with Crippen LogP contribution in [0.15, 0.2) is 12.1 Å². The van der Waals surface area contributed by atoms with Gasteiger partial charge in [0.2, 0.25) is 0 Å².